The third-order valence-corrected chi connectivity index (χ3v) is 8.24. The van der Waals surface area contributed by atoms with Crippen LogP contribution in [0.5, 0.6) is 11.5 Å². The largest absolute Gasteiger partial charge is 0.493 e. The summed E-state index contributed by atoms with van der Waals surface area (Å²) in [6, 6.07) is 2.48. The Balaban J connectivity index is 1.78. The third kappa shape index (κ3) is 6.34. The van der Waals surface area contributed by atoms with Crippen molar-refractivity contribution >= 4 is 17.6 Å². The molecule has 3 aliphatic rings. The highest BCUT2D eigenvalue weighted by Crippen LogP contribution is 2.51. The first-order valence-electron chi connectivity index (χ1n) is 14.4. The van der Waals surface area contributed by atoms with Crippen LogP contribution >= 0.6 is 0 Å². The molecule has 1 aromatic carbocycles. The predicted molar refractivity (Wildman–Crippen MR) is 147 cm³/mol. The van der Waals surface area contributed by atoms with Crippen LogP contribution in [-0.2, 0) is 21.0 Å². The molecule has 220 valence electrons. The number of hydrogen-bond acceptors (Lipinski definition) is 8. The van der Waals surface area contributed by atoms with E-state index in [4.69, 9.17) is 9.47 Å². The normalized spacial score (nSPS) is 24.2. The lowest BCUT2D eigenvalue weighted by molar-refractivity contribution is -0.141. The number of benzene rings is 1. The number of amides is 2. The Morgan fingerprint density at radius 3 is 2.45 bits per heavy atom. The van der Waals surface area contributed by atoms with Gasteiger partial charge in [0, 0.05) is 36.6 Å². The highest BCUT2D eigenvalue weighted by Gasteiger charge is 2.52. The van der Waals surface area contributed by atoms with Crippen molar-refractivity contribution in [1.29, 1.82) is 0 Å². The van der Waals surface area contributed by atoms with Gasteiger partial charge in [0.15, 0.2) is 11.5 Å². The van der Waals surface area contributed by atoms with Crippen molar-refractivity contribution in [1.82, 2.24) is 10.2 Å². The molecule has 4 unspecified atom stereocenters. The number of aliphatic hydroxyl groups is 3. The van der Waals surface area contributed by atoms with Gasteiger partial charge in [-0.05, 0) is 50.0 Å². The summed E-state index contributed by atoms with van der Waals surface area (Å²) in [5, 5.41) is 33.8. The Kier molecular flexibility index (Phi) is 10.2. The lowest BCUT2D eigenvalue weighted by atomic mass is 9.76. The molecule has 1 heterocycles. The number of carbonyl (C=O) groups is 3. The Hall–Kier alpha value is -2.95. The van der Waals surface area contributed by atoms with E-state index in [9.17, 15) is 29.7 Å². The van der Waals surface area contributed by atoms with Gasteiger partial charge in [0.1, 0.15) is 18.0 Å². The number of ketones is 1. The minimum atomic E-state index is -1.14. The standard InChI is InChI=1S/C30H42N2O8/c1-18(35)8-7-11-25(36)32(20-9-5-3-4-6-10-20)23-16-22(30(38)31-12-13-33)26-21-14-19(17-34)15-24(39-2)28(21)40-29(26)27(23)37/h14-16,20,23,26-27,29,33-34,37H,3-13,17H2,1-2H3,(H,31,38). The summed E-state index contributed by atoms with van der Waals surface area (Å²) in [7, 11) is 1.49. The Morgan fingerprint density at radius 2 is 1.82 bits per heavy atom. The van der Waals surface area contributed by atoms with Crippen molar-refractivity contribution in [3.8, 4) is 11.5 Å². The zero-order valence-electron chi connectivity index (χ0n) is 23.4. The number of aliphatic hydroxyl groups excluding tert-OH is 3. The number of Topliss-reactive ketones (excluding diaryl/α,β-unsaturated/α-hetero) is 1. The minimum absolute atomic E-state index is 0.0189. The molecule has 1 fully saturated rings. The highest BCUT2D eigenvalue weighted by molar-refractivity contribution is 5.96. The van der Waals surface area contributed by atoms with E-state index < -0.39 is 30.1 Å². The number of fused-ring (bicyclic) bond motifs is 3. The van der Waals surface area contributed by atoms with Crippen LogP contribution in [-0.4, -0.2) is 82.4 Å². The molecule has 0 aromatic heterocycles. The quantitative estimate of drug-likeness (QED) is 0.302. The third-order valence-electron chi connectivity index (χ3n) is 8.24. The van der Waals surface area contributed by atoms with Crippen LogP contribution in [0.2, 0.25) is 0 Å². The van der Waals surface area contributed by atoms with E-state index >= 15 is 0 Å². The molecule has 4 rings (SSSR count). The summed E-state index contributed by atoms with van der Waals surface area (Å²) in [5.41, 5.74) is 1.53. The molecule has 1 aliphatic heterocycles. The summed E-state index contributed by atoms with van der Waals surface area (Å²) in [6.07, 6.45) is 6.24. The summed E-state index contributed by atoms with van der Waals surface area (Å²) in [6.45, 7) is 1.07. The topological polar surface area (TPSA) is 146 Å². The van der Waals surface area contributed by atoms with Crippen molar-refractivity contribution in [2.45, 2.75) is 102 Å². The zero-order chi connectivity index (χ0) is 28.8. The van der Waals surface area contributed by atoms with E-state index in [2.05, 4.69) is 5.32 Å². The van der Waals surface area contributed by atoms with Crippen molar-refractivity contribution < 1.29 is 39.2 Å². The molecule has 0 radical (unpaired) electrons. The predicted octanol–water partition coefficient (Wildman–Crippen LogP) is 2.12. The van der Waals surface area contributed by atoms with Crippen LogP contribution in [0, 0.1) is 0 Å². The second kappa shape index (κ2) is 13.6. The maximum absolute atomic E-state index is 13.8. The van der Waals surface area contributed by atoms with Crippen molar-refractivity contribution in [2.75, 3.05) is 20.3 Å². The maximum atomic E-state index is 13.8. The van der Waals surface area contributed by atoms with E-state index in [1.807, 2.05) is 0 Å². The summed E-state index contributed by atoms with van der Waals surface area (Å²) in [5.74, 6) is -0.442. The van der Waals surface area contributed by atoms with Gasteiger partial charge in [0.25, 0.3) is 0 Å². The summed E-state index contributed by atoms with van der Waals surface area (Å²) in [4.78, 5) is 40.6. The van der Waals surface area contributed by atoms with Crippen LogP contribution in [0.3, 0.4) is 0 Å². The number of nitrogens with zero attached hydrogens (tertiary/aromatic N) is 1. The first-order valence-corrected chi connectivity index (χ1v) is 14.4. The lowest BCUT2D eigenvalue weighted by Crippen LogP contribution is -2.58. The monoisotopic (exact) mass is 558 g/mol. The molecule has 0 spiro atoms. The van der Waals surface area contributed by atoms with Gasteiger partial charge in [-0.25, -0.2) is 0 Å². The molecule has 10 heteroatoms. The highest BCUT2D eigenvalue weighted by atomic mass is 16.5. The first kappa shape index (κ1) is 30.0. The molecular formula is C30H42N2O8. The van der Waals surface area contributed by atoms with Gasteiger partial charge in [-0.1, -0.05) is 25.7 Å². The molecule has 0 saturated heterocycles. The van der Waals surface area contributed by atoms with Crippen molar-refractivity contribution in [2.24, 2.45) is 0 Å². The number of nitrogens with one attached hydrogen (secondary N) is 1. The Morgan fingerprint density at radius 1 is 1.10 bits per heavy atom. The molecule has 0 bridgehead atoms. The molecule has 40 heavy (non-hydrogen) atoms. The molecule has 1 aromatic rings. The van der Waals surface area contributed by atoms with Crippen LogP contribution in [0.4, 0.5) is 0 Å². The van der Waals surface area contributed by atoms with E-state index in [0.717, 1.165) is 38.5 Å². The van der Waals surface area contributed by atoms with Crippen molar-refractivity contribution in [3.63, 3.8) is 0 Å². The second-order valence-corrected chi connectivity index (χ2v) is 11.0. The zero-order valence-corrected chi connectivity index (χ0v) is 23.4. The van der Waals surface area contributed by atoms with Gasteiger partial charge < -0.3 is 39.8 Å². The molecule has 4 N–H and O–H groups in total. The number of carbonyl (C=O) groups excluding carboxylic acids is 3. The maximum Gasteiger partial charge on any atom is 0.247 e. The van der Waals surface area contributed by atoms with Gasteiger partial charge in [-0.15, -0.1) is 0 Å². The molecular weight excluding hydrogens is 516 g/mol. The SMILES string of the molecule is COc1cc(CO)cc2c1OC1C2C(C(=O)NCCO)=CC(N(C(=O)CCCC(C)=O)C2CCCCCC2)C1O. The van der Waals surface area contributed by atoms with Crippen LogP contribution in [0.25, 0.3) is 0 Å². The van der Waals surface area contributed by atoms with Crippen LogP contribution in [0.1, 0.15) is 81.8 Å². The first-order chi connectivity index (χ1) is 19.3. The number of methoxy groups -OCH3 is 1. The minimum Gasteiger partial charge on any atom is -0.493 e. The molecule has 2 amide bonds. The fraction of sp³-hybridized carbons (Fsp3) is 0.633. The van der Waals surface area contributed by atoms with Gasteiger partial charge in [-0.2, -0.15) is 0 Å². The Bertz CT molecular complexity index is 1110. The van der Waals surface area contributed by atoms with Crippen LogP contribution < -0.4 is 14.8 Å². The average molecular weight is 559 g/mol. The van der Waals surface area contributed by atoms with Gasteiger partial charge >= 0.3 is 0 Å². The average Bonchev–Trinajstić information content (AvgIpc) is 3.13. The Labute approximate surface area is 235 Å². The lowest BCUT2D eigenvalue weighted by Gasteiger charge is -2.44. The fourth-order valence-electron chi connectivity index (χ4n) is 6.36. The second-order valence-electron chi connectivity index (χ2n) is 11.0. The van der Waals surface area contributed by atoms with Gasteiger partial charge in [0.05, 0.1) is 32.3 Å². The van der Waals surface area contributed by atoms with Gasteiger partial charge in [-0.3, -0.25) is 9.59 Å². The molecule has 10 nitrogen and oxygen atoms in total. The van der Waals surface area contributed by atoms with E-state index in [1.165, 1.54) is 14.0 Å². The molecule has 2 aliphatic carbocycles. The number of hydrogen-bond donors (Lipinski definition) is 4. The smallest absolute Gasteiger partial charge is 0.247 e. The summed E-state index contributed by atoms with van der Waals surface area (Å²) < 4.78 is 11.8. The van der Waals surface area contributed by atoms with E-state index in [-0.39, 0.29) is 43.9 Å². The van der Waals surface area contributed by atoms with Gasteiger partial charge in [0.2, 0.25) is 11.8 Å². The molecule has 1 saturated carbocycles. The molecule has 4 atom stereocenters. The fourth-order valence-corrected chi connectivity index (χ4v) is 6.36. The number of rotatable bonds is 11. The van der Waals surface area contributed by atoms with Crippen LogP contribution in [0.15, 0.2) is 23.8 Å². The number of ether oxygens (including phenoxy) is 2. The van der Waals surface area contributed by atoms with E-state index in [0.29, 0.717) is 41.0 Å². The summed E-state index contributed by atoms with van der Waals surface area (Å²) >= 11 is 0. The van der Waals surface area contributed by atoms with E-state index in [1.54, 1.807) is 23.1 Å². The van der Waals surface area contributed by atoms with Crippen molar-refractivity contribution in [3.05, 3.63) is 34.9 Å².